The number of nitrogens with zero attached hydrogens (tertiary/aromatic N) is 3. The van der Waals surface area contributed by atoms with Gasteiger partial charge in [-0.3, -0.25) is 9.58 Å². The highest BCUT2D eigenvalue weighted by Crippen LogP contribution is 2.24. The van der Waals surface area contributed by atoms with Gasteiger partial charge >= 0.3 is 12.0 Å². The molecule has 7 heteroatoms. The Balaban J connectivity index is 1.72. The van der Waals surface area contributed by atoms with Crippen molar-refractivity contribution in [1.82, 2.24) is 9.78 Å². The lowest BCUT2D eigenvalue weighted by atomic mass is 10.2. The van der Waals surface area contributed by atoms with Crippen LogP contribution in [-0.4, -0.2) is 28.4 Å². The molecule has 0 radical (unpaired) electrons. The normalized spacial score (nSPS) is 10.5. The second-order valence-corrected chi connectivity index (χ2v) is 7.64. The van der Waals surface area contributed by atoms with E-state index in [1.165, 1.54) is 4.90 Å². The molecule has 0 spiro atoms. The van der Waals surface area contributed by atoms with E-state index < -0.39 is 12.0 Å². The van der Waals surface area contributed by atoms with Gasteiger partial charge in [0.05, 0.1) is 19.7 Å². The molecule has 0 fully saturated rings. The Hall–Kier alpha value is -4.39. The van der Waals surface area contributed by atoms with Gasteiger partial charge in [-0.15, -0.1) is 0 Å². The van der Waals surface area contributed by atoms with Crippen molar-refractivity contribution in [3.63, 3.8) is 0 Å². The van der Waals surface area contributed by atoms with Crippen LogP contribution in [0, 0.1) is 0 Å². The van der Waals surface area contributed by atoms with E-state index in [0.717, 1.165) is 11.1 Å². The number of amides is 2. The molecule has 0 aliphatic carbocycles. The maximum Gasteiger partial charge on any atom is 0.343 e. The summed E-state index contributed by atoms with van der Waals surface area (Å²) in [6.45, 7) is 2.65. The van der Waals surface area contributed by atoms with E-state index in [2.05, 4.69) is 10.4 Å². The average molecular weight is 455 g/mol. The number of rotatable bonds is 8. The van der Waals surface area contributed by atoms with Crippen LogP contribution in [0.15, 0.2) is 97.2 Å². The van der Waals surface area contributed by atoms with Crippen molar-refractivity contribution in [2.24, 2.45) is 0 Å². The molecule has 4 aromatic rings. The van der Waals surface area contributed by atoms with Crippen molar-refractivity contribution in [3.8, 4) is 0 Å². The minimum absolute atomic E-state index is 0.219. The summed E-state index contributed by atoms with van der Waals surface area (Å²) in [6, 6.07) is 28.1. The number of carbonyl (C=O) groups excluding carboxylic acids is 2. The first-order valence-electron chi connectivity index (χ1n) is 11.1. The summed E-state index contributed by atoms with van der Waals surface area (Å²) in [5.41, 5.74) is 2.80. The standard InChI is InChI=1S/C27H26N4O3/c1-2-34-26(32)24-20-30(18-21-12-6-3-7-13-21)29-25(24)31(19-22-14-8-4-9-15-22)27(33)28-23-16-10-5-11-17-23/h3-17,20H,2,18-19H2,1H3,(H,28,33). The van der Waals surface area contributed by atoms with Crippen LogP contribution >= 0.6 is 0 Å². The fourth-order valence-electron chi connectivity index (χ4n) is 3.54. The van der Waals surface area contributed by atoms with E-state index in [1.54, 1.807) is 29.9 Å². The molecule has 3 aromatic carbocycles. The average Bonchev–Trinajstić information content (AvgIpc) is 3.28. The van der Waals surface area contributed by atoms with Crippen molar-refractivity contribution in [2.75, 3.05) is 16.8 Å². The Bertz CT molecular complexity index is 1220. The third-order valence-electron chi connectivity index (χ3n) is 5.13. The molecule has 0 bridgehead atoms. The van der Waals surface area contributed by atoms with Crippen molar-refractivity contribution in [1.29, 1.82) is 0 Å². The van der Waals surface area contributed by atoms with Gasteiger partial charge in [0.15, 0.2) is 5.82 Å². The fourth-order valence-corrected chi connectivity index (χ4v) is 3.54. The van der Waals surface area contributed by atoms with Gasteiger partial charge in [-0.05, 0) is 30.2 Å². The number of hydrogen-bond donors (Lipinski definition) is 1. The number of anilines is 2. The minimum Gasteiger partial charge on any atom is -0.462 e. The summed E-state index contributed by atoms with van der Waals surface area (Å²) >= 11 is 0. The third-order valence-corrected chi connectivity index (χ3v) is 5.13. The molecule has 7 nitrogen and oxygen atoms in total. The van der Waals surface area contributed by atoms with Crippen LogP contribution in [0.2, 0.25) is 0 Å². The number of esters is 1. The Morgan fingerprint density at radius 1 is 0.882 bits per heavy atom. The second kappa shape index (κ2) is 11.0. The summed E-state index contributed by atoms with van der Waals surface area (Å²) in [7, 11) is 0. The number of ether oxygens (including phenoxy) is 1. The van der Waals surface area contributed by atoms with E-state index >= 15 is 0 Å². The maximum atomic E-state index is 13.4. The molecule has 0 aliphatic rings. The number of benzene rings is 3. The molecule has 0 saturated carbocycles. The molecule has 34 heavy (non-hydrogen) atoms. The summed E-state index contributed by atoms with van der Waals surface area (Å²) in [5.74, 6) is -0.283. The number of nitrogens with one attached hydrogen (secondary N) is 1. The highest BCUT2D eigenvalue weighted by molar-refractivity contribution is 6.05. The summed E-state index contributed by atoms with van der Waals surface area (Å²) in [5, 5.41) is 7.55. The zero-order valence-corrected chi connectivity index (χ0v) is 18.9. The van der Waals surface area contributed by atoms with E-state index in [-0.39, 0.29) is 24.5 Å². The van der Waals surface area contributed by atoms with Crippen LogP contribution in [0.3, 0.4) is 0 Å². The molecule has 1 aromatic heterocycles. The zero-order chi connectivity index (χ0) is 23.8. The van der Waals surface area contributed by atoms with Gasteiger partial charge in [0.1, 0.15) is 5.56 Å². The molecule has 1 N–H and O–H groups in total. The van der Waals surface area contributed by atoms with Crippen molar-refractivity contribution < 1.29 is 14.3 Å². The third kappa shape index (κ3) is 5.69. The van der Waals surface area contributed by atoms with Crippen LogP contribution in [0.5, 0.6) is 0 Å². The first-order valence-corrected chi connectivity index (χ1v) is 11.1. The van der Waals surface area contributed by atoms with E-state index in [9.17, 15) is 9.59 Å². The summed E-state index contributed by atoms with van der Waals surface area (Å²) in [4.78, 5) is 27.7. The van der Waals surface area contributed by atoms with Gasteiger partial charge < -0.3 is 10.1 Å². The monoisotopic (exact) mass is 454 g/mol. The van der Waals surface area contributed by atoms with Gasteiger partial charge in [-0.1, -0.05) is 78.9 Å². The molecular weight excluding hydrogens is 428 g/mol. The molecule has 4 rings (SSSR count). The summed E-state index contributed by atoms with van der Waals surface area (Å²) in [6.07, 6.45) is 1.63. The van der Waals surface area contributed by atoms with Crippen molar-refractivity contribution in [3.05, 3.63) is 114 Å². The largest absolute Gasteiger partial charge is 0.462 e. The molecule has 172 valence electrons. The number of urea groups is 1. The Morgan fingerprint density at radius 3 is 2.09 bits per heavy atom. The van der Waals surface area contributed by atoms with Crippen LogP contribution in [0.4, 0.5) is 16.3 Å². The molecule has 1 heterocycles. The minimum atomic E-state index is -0.526. The highest BCUT2D eigenvalue weighted by Gasteiger charge is 2.27. The number of hydrogen-bond acceptors (Lipinski definition) is 4. The number of carbonyl (C=O) groups is 2. The number of para-hydroxylation sites is 1. The Kier molecular flexibility index (Phi) is 7.35. The predicted molar refractivity (Wildman–Crippen MR) is 132 cm³/mol. The highest BCUT2D eigenvalue weighted by atomic mass is 16.5. The van der Waals surface area contributed by atoms with Gasteiger partial charge in [0.25, 0.3) is 0 Å². The van der Waals surface area contributed by atoms with Crippen LogP contribution < -0.4 is 10.2 Å². The topological polar surface area (TPSA) is 76.5 Å². The molecule has 0 unspecified atom stereocenters. The van der Waals surface area contributed by atoms with E-state index in [0.29, 0.717) is 12.2 Å². The van der Waals surface area contributed by atoms with Gasteiger partial charge in [-0.2, -0.15) is 5.10 Å². The lowest BCUT2D eigenvalue weighted by molar-refractivity contribution is 0.0527. The van der Waals surface area contributed by atoms with Gasteiger partial charge in [0, 0.05) is 11.9 Å². The Morgan fingerprint density at radius 2 is 1.47 bits per heavy atom. The first kappa shape index (κ1) is 22.8. The van der Waals surface area contributed by atoms with Crippen molar-refractivity contribution >= 4 is 23.5 Å². The van der Waals surface area contributed by atoms with E-state index in [1.807, 2.05) is 78.9 Å². The second-order valence-electron chi connectivity index (χ2n) is 7.64. The fraction of sp³-hybridized carbons (Fsp3) is 0.148. The first-order chi connectivity index (χ1) is 16.6. The van der Waals surface area contributed by atoms with Crippen LogP contribution in [0.25, 0.3) is 0 Å². The summed E-state index contributed by atoms with van der Waals surface area (Å²) < 4.78 is 6.94. The van der Waals surface area contributed by atoms with E-state index in [4.69, 9.17) is 4.74 Å². The van der Waals surface area contributed by atoms with Crippen molar-refractivity contribution in [2.45, 2.75) is 20.0 Å². The predicted octanol–water partition coefficient (Wildman–Crippen LogP) is 5.35. The lowest BCUT2D eigenvalue weighted by Gasteiger charge is -2.22. The van der Waals surface area contributed by atoms with Gasteiger partial charge in [-0.25, -0.2) is 9.59 Å². The quantitative estimate of drug-likeness (QED) is 0.364. The van der Waals surface area contributed by atoms with Crippen LogP contribution in [0.1, 0.15) is 28.4 Å². The smallest absolute Gasteiger partial charge is 0.343 e. The maximum absolute atomic E-state index is 13.4. The number of aromatic nitrogens is 2. The molecule has 0 atom stereocenters. The van der Waals surface area contributed by atoms with Gasteiger partial charge in [0.2, 0.25) is 0 Å². The lowest BCUT2D eigenvalue weighted by Crippen LogP contribution is -2.36. The van der Waals surface area contributed by atoms with Crippen LogP contribution in [-0.2, 0) is 17.8 Å². The molecular formula is C27H26N4O3. The molecule has 0 saturated heterocycles. The SMILES string of the molecule is CCOC(=O)c1cn(Cc2ccccc2)nc1N(Cc1ccccc1)C(=O)Nc1ccccc1. The molecule has 0 aliphatic heterocycles. The zero-order valence-electron chi connectivity index (χ0n) is 18.9. The molecule has 2 amide bonds. The Labute approximate surface area is 198 Å².